The molecule has 9 heteroatoms. The molecule has 2 aromatic carbocycles. The van der Waals surface area contributed by atoms with Crippen LogP contribution < -0.4 is 5.32 Å². The van der Waals surface area contributed by atoms with Crippen LogP contribution in [0, 0.1) is 5.82 Å². The smallest absolute Gasteiger partial charge is 0.255 e. The SMILES string of the molecule is CC(=O)N1CCN(S(=O)(=O)c2ccc(C(=O)Nc3ccc(F)cc3)cc2)CC1. The standard InChI is InChI=1S/C19H20FN3O4S/c1-14(24)22-10-12-23(13-11-22)28(26,27)18-8-2-15(3-9-18)19(25)21-17-6-4-16(20)5-7-17/h2-9H,10-13H2,1H3,(H,21,25). The molecule has 0 saturated carbocycles. The van der Waals surface area contributed by atoms with Crippen LogP contribution >= 0.6 is 0 Å². The molecule has 2 amide bonds. The molecule has 0 unspecified atom stereocenters. The number of rotatable bonds is 4. The minimum atomic E-state index is -3.70. The van der Waals surface area contributed by atoms with Gasteiger partial charge in [0.05, 0.1) is 4.90 Å². The first kappa shape index (κ1) is 20.0. The van der Waals surface area contributed by atoms with Gasteiger partial charge in [-0.2, -0.15) is 4.31 Å². The summed E-state index contributed by atoms with van der Waals surface area (Å²) < 4.78 is 39.8. The van der Waals surface area contributed by atoms with Crippen molar-refractivity contribution >= 4 is 27.5 Å². The number of amides is 2. The van der Waals surface area contributed by atoms with Gasteiger partial charge in [0.2, 0.25) is 15.9 Å². The highest BCUT2D eigenvalue weighted by Crippen LogP contribution is 2.19. The number of hydrogen-bond donors (Lipinski definition) is 1. The third-order valence-corrected chi connectivity index (χ3v) is 6.45. The van der Waals surface area contributed by atoms with Crippen molar-refractivity contribution < 1.29 is 22.4 Å². The van der Waals surface area contributed by atoms with Crippen molar-refractivity contribution in [1.82, 2.24) is 9.21 Å². The quantitative estimate of drug-likeness (QED) is 0.842. The second kappa shape index (κ2) is 8.07. The van der Waals surface area contributed by atoms with Crippen molar-refractivity contribution in [2.45, 2.75) is 11.8 Å². The predicted octanol–water partition coefficient (Wildman–Crippen LogP) is 1.93. The maximum atomic E-state index is 12.9. The minimum Gasteiger partial charge on any atom is -0.340 e. The maximum absolute atomic E-state index is 12.9. The van der Waals surface area contributed by atoms with Crippen LogP contribution in [0.1, 0.15) is 17.3 Å². The monoisotopic (exact) mass is 405 g/mol. The van der Waals surface area contributed by atoms with Gasteiger partial charge in [0, 0.05) is 44.4 Å². The molecule has 0 radical (unpaired) electrons. The first-order valence-electron chi connectivity index (χ1n) is 8.70. The number of anilines is 1. The van der Waals surface area contributed by atoms with Gasteiger partial charge < -0.3 is 10.2 Å². The predicted molar refractivity (Wildman–Crippen MR) is 102 cm³/mol. The fourth-order valence-electron chi connectivity index (χ4n) is 2.91. The van der Waals surface area contributed by atoms with Crippen LogP contribution in [0.15, 0.2) is 53.4 Å². The molecule has 3 rings (SSSR count). The summed E-state index contributed by atoms with van der Waals surface area (Å²) in [6.45, 7) is 2.63. The lowest BCUT2D eigenvalue weighted by atomic mass is 10.2. The lowest BCUT2D eigenvalue weighted by molar-refractivity contribution is -0.129. The highest BCUT2D eigenvalue weighted by atomic mass is 32.2. The molecule has 148 valence electrons. The molecule has 0 spiro atoms. The fourth-order valence-corrected chi connectivity index (χ4v) is 4.33. The van der Waals surface area contributed by atoms with Gasteiger partial charge in [-0.25, -0.2) is 12.8 Å². The van der Waals surface area contributed by atoms with Crippen LogP contribution in [0.25, 0.3) is 0 Å². The van der Waals surface area contributed by atoms with E-state index in [4.69, 9.17) is 0 Å². The lowest BCUT2D eigenvalue weighted by Crippen LogP contribution is -2.49. The van der Waals surface area contributed by atoms with Crippen molar-refractivity contribution in [2.75, 3.05) is 31.5 Å². The molecule has 0 bridgehead atoms. The first-order chi connectivity index (χ1) is 13.3. The molecule has 0 aliphatic carbocycles. The highest BCUT2D eigenvalue weighted by molar-refractivity contribution is 7.89. The van der Waals surface area contributed by atoms with E-state index < -0.39 is 21.7 Å². The Bertz CT molecular complexity index is 967. The van der Waals surface area contributed by atoms with Crippen LogP contribution in [-0.4, -0.2) is 55.6 Å². The molecule has 7 nitrogen and oxygen atoms in total. The third kappa shape index (κ3) is 4.37. The molecule has 1 saturated heterocycles. The zero-order chi connectivity index (χ0) is 20.3. The van der Waals surface area contributed by atoms with E-state index >= 15 is 0 Å². The van der Waals surface area contributed by atoms with Crippen molar-refractivity contribution in [3.63, 3.8) is 0 Å². The van der Waals surface area contributed by atoms with E-state index in [0.717, 1.165) is 0 Å². The van der Waals surface area contributed by atoms with Gasteiger partial charge in [0.25, 0.3) is 5.91 Å². The molecule has 2 aromatic rings. The number of sulfonamides is 1. The van der Waals surface area contributed by atoms with E-state index in [9.17, 15) is 22.4 Å². The maximum Gasteiger partial charge on any atom is 0.255 e. The van der Waals surface area contributed by atoms with E-state index in [0.29, 0.717) is 18.8 Å². The Hall–Kier alpha value is -2.78. The Morgan fingerprint density at radius 3 is 2.04 bits per heavy atom. The van der Waals surface area contributed by atoms with Gasteiger partial charge in [-0.15, -0.1) is 0 Å². The summed E-state index contributed by atoms with van der Waals surface area (Å²) in [5.74, 6) is -0.907. The number of piperazine rings is 1. The number of carbonyl (C=O) groups is 2. The molecular weight excluding hydrogens is 385 g/mol. The summed E-state index contributed by atoms with van der Waals surface area (Å²) in [6, 6.07) is 11.0. The minimum absolute atomic E-state index is 0.0754. The number of nitrogens with zero attached hydrogens (tertiary/aromatic N) is 2. The van der Waals surface area contributed by atoms with Crippen LogP contribution in [0.2, 0.25) is 0 Å². The molecule has 1 N–H and O–H groups in total. The van der Waals surface area contributed by atoms with Gasteiger partial charge in [0.15, 0.2) is 0 Å². The second-order valence-electron chi connectivity index (χ2n) is 6.40. The van der Waals surface area contributed by atoms with Gasteiger partial charge >= 0.3 is 0 Å². The number of halogens is 1. The fraction of sp³-hybridized carbons (Fsp3) is 0.263. The Kier molecular flexibility index (Phi) is 5.76. The molecule has 28 heavy (non-hydrogen) atoms. The lowest BCUT2D eigenvalue weighted by Gasteiger charge is -2.33. The number of hydrogen-bond acceptors (Lipinski definition) is 4. The van der Waals surface area contributed by atoms with E-state index in [1.807, 2.05) is 0 Å². The summed E-state index contributed by atoms with van der Waals surface area (Å²) in [5.41, 5.74) is 0.719. The third-order valence-electron chi connectivity index (χ3n) is 4.54. The summed E-state index contributed by atoms with van der Waals surface area (Å²) in [7, 11) is -3.70. The Labute approximate surface area is 162 Å². The number of nitrogens with one attached hydrogen (secondary N) is 1. The van der Waals surface area contributed by atoms with Crippen molar-refractivity contribution in [3.05, 3.63) is 59.9 Å². The zero-order valence-corrected chi connectivity index (χ0v) is 16.1. The summed E-state index contributed by atoms with van der Waals surface area (Å²) >= 11 is 0. The van der Waals surface area contributed by atoms with Crippen LogP contribution in [0.5, 0.6) is 0 Å². The van der Waals surface area contributed by atoms with Crippen molar-refractivity contribution in [2.24, 2.45) is 0 Å². The molecular formula is C19H20FN3O4S. The second-order valence-corrected chi connectivity index (χ2v) is 8.33. The zero-order valence-electron chi connectivity index (χ0n) is 15.3. The van der Waals surface area contributed by atoms with Gasteiger partial charge in [-0.05, 0) is 48.5 Å². The largest absolute Gasteiger partial charge is 0.340 e. The number of benzene rings is 2. The van der Waals surface area contributed by atoms with E-state index in [2.05, 4.69) is 5.32 Å². The van der Waals surface area contributed by atoms with Gasteiger partial charge in [-0.3, -0.25) is 9.59 Å². The van der Waals surface area contributed by atoms with E-state index in [1.54, 1.807) is 4.90 Å². The Morgan fingerprint density at radius 1 is 0.929 bits per heavy atom. The topological polar surface area (TPSA) is 86.8 Å². The van der Waals surface area contributed by atoms with Crippen molar-refractivity contribution in [3.8, 4) is 0 Å². The molecule has 1 aliphatic rings. The molecule has 0 aromatic heterocycles. The van der Waals surface area contributed by atoms with Crippen LogP contribution in [0.3, 0.4) is 0 Å². The number of carbonyl (C=O) groups excluding carboxylic acids is 2. The summed E-state index contributed by atoms with van der Waals surface area (Å²) in [6.07, 6.45) is 0. The molecule has 0 atom stereocenters. The summed E-state index contributed by atoms with van der Waals surface area (Å²) in [5, 5.41) is 2.62. The van der Waals surface area contributed by atoms with Crippen LogP contribution in [-0.2, 0) is 14.8 Å². The molecule has 1 heterocycles. The van der Waals surface area contributed by atoms with Gasteiger partial charge in [0.1, 0.15) is 5.82 Å². The molecule has 1 fully saturated rings. The highest BCUT2D eigenvalue weighted by Gasteiger charge is 2.29. The first-order valence-corrected chi connectivity index (χ1v) is 10.1. The van der Waals surface area contributed by atoms with Crippen molar-refractivity contribution in [1.29, 1.82) is 0 Å². The average Bonchev–Trinajstić information content (AvgIpc) is 2.70. The Morgan fingerprint density at radius 2 is 1.50 bits per heavy atom. The van der Waals surface area contributed by atoms with Crippen LogP contribution in [0.4, 0.5) is 10.1 Å². The summed E-state index contributed by atoms with van der Waals surface area (Å²) in [4.78, 5) is 25.3. The van der Waals surface area contributed by atoms with E-state index in [1.165, 1.54) is 59.8 Å². The van der Waals surface area contributed by atoms with E-state index in [-0.39, 0.29) is 29.5 Å². The molecule has 1 aliphatic heterocycles. The van der Waals surface area contributed by atoms with Gasteiger partial charge in [-0.1, -0.05) is 0 Å². The Balaban J connectivity index is 1.68. The normalized spacial score (nSPS) is 15.3. The average molecular weight is 405 g/mol.